The molecule has 0 radical (unpaired) electrons. The van der Waals surface area contributed by atoms with Crippen LogP contribution in [0.5, 0.6) is 5.75 Å². The number of carbonyl (C=O) groups is 1. The Hall–Kier alpha value is -3.05. The van der Waals surface area contributed by atoms with E-state index in [1.54, 1.807) is 19.2 Å². The molecule has 0 bridgehead atoms. The maximum absolute atomic E-state index is 12.4. The van der Waals surface area contributed by atoms with E-state index >= 15 is 0 Å². The largest absolute Gasteiger partial charge is 0.497 e. The zero-order valence-corrected chi connectivity index (χ0v) is 13.8. The number of aliphatic hydroxyl groups excluding tert-OH is 1. The van der Waals surface area contributed by atoms with Crippen LogP contribution in [0, 0.1) is 0 Å². The molecule has 0 aliphatic heterocycles. The molecule has 5 heteroatoms. The highest BCUT2D eigenvalue weighted by molar-refractivity contribution is 5.92. The van der Waals surface area contributed by atoms with Crippen LogP contribution >= 0.6 is 0 Å². The fourth-order valence-electron chi connectivity index (χ4n) is 2.52. The van der Waals surface area contributed by atoms with Crippen LogP contribution in [0.25, 0.3) is 11.3 Å². The highest BCUT2D eigenvalue weighted by Crippen LogP contribution is 2.25. The molecule has 0 fully saturated rings. The number of methoxy groups -OCH3 is 1. The number of hydrogen-bond acceptors (Lipinski definition) is 4. The van der Waals surface area contributed by atoms with Gasteiger partial charge in [-0.05, 0) is 42.0 Å². The van der Waals surface area contributed by atoms with Gasteiger partial charge in [0.2, 0.25) is 0 Å². The van der Waals surface area contributed by atoms with Crippen molar-refractivity contribution < 1.29 is 19.1 Å². The molecule has 0 saturated carbocycles. The Bertz CT molecular complexity index is 824. The van der Waals surface area contributed by atoms with Crippen molar-refractivity contribution in [2.75, 3.05) is 13.7 Å². The molecule has 5 nitrogen and oxygen atoms in total. The van der Waals surface area contributed by atoms with Gasteiger partial charge in [0.05, 0.1) is 19.8 Å². The van der Waals surface area contributed by atoms with Gasteiger partial charge in [-0.25, -0.2) is 0 Å². The van der Waals surface area contributed by atoms with Crippen LogP contribution in [-0.4, -0.2) is 24.7 Å². The van der Waals surface area contributed by atoms with Gasteiger partial charge in [0.15, 0.2) is 5.76 Å². The van der Waals surface area contributed by atoms with Gasteiger partial charge in [0, 0.05) is 5.56 Å². The van der Waals surface area contributed by atoms with Crippen LogP contribution < -0.4 is 10.1 Å². The molecule has 1 heterocycles. The zero-order chi connectivity index (χ0) is 17.6. The van der Waals surface area contributed by atoms with E-state index in [-0.39, 0.29) is 18.3 Å². The molecule has 0 aliphatic rings. The first kappa shape index (κ1) is 16.8. The summed E-state index contributed by atoms with van der Waals surface area (Å²) in [7, 11) is 1.61. The van der Waals surface area contributed by atoms with Crippen molar-refractivity contribution in [3.05, 3.63) is 78.1 Å². The van der Waals surface area contributed by atoms with E-state index in [1.165, 1.54) is 0 Å². The van der Waals surface area contributed by atoms with E-state index in [4.69, 9.17) is 9.15 Å². The van der Waals surface area contributed by atoms with Gasteiger partial charge >= 0.3 is 0 Å². The van der Waals surface area contributed by atoms with Gasteiger partial charge in [0.1, 0.15) is 11.5 Å². The lowest BCUT2D eigenvalue weighted by molar-refractivity contribution is 0.0889. The van der Waals surface area contributed by atoms with Crippen molar-refractivity contribution in [2.24, 2.45) is 0 Å². The second-order valence-electron chi connectivity index (χ2n) is 5.51. The molecular weight excluding hydrogens is 318 g/mol. The lowest BCUT2D eigenvalue weighted by atomic mass is 10.1. The van der Waals surface area contributed by atoms with Crippen LogP contribution in [-0.2, 0) is 0 Å². The lowest BCUT2D eigenvalue weighted by Crippen LogP contribution is -2.30. The molecule has 0 spiro atoms. The maximum atomic E-state index is 12.4. The molecule has 1 atom stereocenters. The first-order chi connectivity index (χ1) is 12.2. The normalized spacial score (nSPS) is 11.8. The maximum Gasteiger partial charge on any atom is 0.287 e. The van der Waals surface area contributed by atoms with Gasteiger partial charge in [-0.2, -0.15) is 0 Å². The molecule has 128 valence electrons. The number of rotatable bonds is 6. The monoisotopic (exact) mass is 337 g/mol. The number of nitrogens with one attached hydrogen (secondary N) is 1. The van der Waals surface area contributed by atoms with Crippen molar-refractivity contribution in [1.29, 1.82) is 0 Å². The van der Waals surface area contributed by atoms with E-state index in [1.807, 2.05) is 54.6 Å². The molecule has 1 unspecified atom stereocenters. The van der Waals surface area contributed by atoms with Gasteiger partial charge in [-0.15, -0.1) is 0 Å². The second-order valence-corrected chi connectivity index (χ2v) is 5.51. The highest BCUT2D eigenvalue weighted by Gasteiger charge is 2.18. The SMILES string of the molecule is COc1ccc(-c2ccc(C(=O)NC(CO)c3ccccc3)o2)cc1. The molecule has 3 aromatic rings. The predicted molar refractivity (Wildman–Crippen MR) is 94.4 cm³/mol. The summed E-state index contributed by atoms with van der Waals surface area (Å²) < 4.78 is 10.8. The zero-order valence-electron chi connectivity index (χ0n) is 13.8. The summed E-state index contributed by atoms with van der Waals surface area (Å²) in [6, 6.07) is 19.6. The number of aliphatic hydroxyl groups is 1. The fraction of sp³-hybridized carbons (Fsp3) is 0.150. The minimum atomic E-state index is -0.483. The Kier molecular flexibility index (Phi) is 5.16. The molecule has 2 N–H and O–H groups in total. The summed E-state index contributed by atoms with van der Waals surface area (Å²) in [6.07, 6.45) is 0. The molecule has 0 saturated heterocycles. The smallest absolute Gasteiger partial charge is 0.287 e. The first-order valence-corrected chi connectivity index (χ1v) is 7.92. The summed E-state index contributed by atoms with van der Waals surface area (Å²) in [4.78, 5) is 12.4. The summed E-state index contributed by atoms with van der Waals surface area (Å²) in [5.74, 6) is 1.16. The van der Waals surface area contributed by atoms with Gasteiger partial charge < -0.3 is 19.6 Å². The van der Waals surface area contributed by atoms with E-state index in [9.17, 15) is 9.90 Å². The Morgan fingerprint density at radius 3 is 2.44 bits per heavy atom. The average molecular weight is 337 g/mol. The van der Waals surface area contributed by atoms with Crippen LogP contribution in [0.2, 0.25) is 0 Å². The van der Waals surface area contributed by atoms with Crippen LogP contribution in [0.15, 0.2) is 71.1 Å². The van der Waals surface area contributed by atoms with Crippen molar-refractivity contribution in [2.45, 2.75) is 6.04 Å². The number of furan rings is 1. The van der Waals surface area contributed by atoms with Crippen LogP contribution in [0.1, 0.15) is 22.2 Å². The van der Waals surface area contributed by atoms with Crippen LogP contribution in [0.3, 0.4) is 0 Å². The molecule has 0 aliphatic carbocycles. The van der Waals surface area contributed by atoms with Gasteiger partial charge in [0.25, 0.3) is 5.91 Å². The van der Waals surface area contributed by atoms with E-state index in [2.05, 4.69) is 5.32 Å². The Morgan fingerprint density at radius 2 is 1.80 bits per heavy atom. The summed E-state index contributed by atoms with van der Waals surface area (Å²) in [5, 5.41) is 12.3. The minimum Gasteiger partial charge on any atom is -0.497 e. The lowest BCUT2D eigenvalue weighted by Gasteiger charge is -2.15. The van der Waals surface area contributed by atoms with E-state index in [0.717, 1.165) is 16.9 Å². The number of carbonyl (C=O) groups excluding carboxylic acids is 1. The molecule has 1 aromatic heterocycles. The molecule has 3 rings (SSSR count). The standard InChI is InChI=1S/C20H19NO4/c1-24-16-9-7-15(8-10-16)18-11-12-19(25-18)20(23)21-17(13-22)14-5-3-2-4-6-14/h2-12,17,22H,13H2,1H3,(H,21,23). The molecule has 2 aromatic carbocycles. The van der Waals surface area contributed by atoms with Crippen molar-refractivity contribution in [3.63, 3.8) is 0 Å². The van der Waals surface area contributed by atoms with E-state index in [0.29, 0.717) is 5.76 Å². The van der Waals surface area contributed by atoms with Gasteiger partial charge in [-0.1, -0.05) is 30.3 Å². The van der Waals surface area contributed by atoms with Crippen molar-refractivity contribution in [3.8, 4) is 17.1 Å². The van der Waals surface area contributed by atoms with Crippen molar-refractivity contribution >= 4 is 5.91 Å². The molecular formula is C20H19NO4. The molecule has 1 amide bonds. The Morgan fingerprint density at radius 1 is 1.08 bits per heavy atom. The first-order valence-electron chi connectivity index (χ1n) is 7.92. The average Bonchev–Trinajstić information content (AvgIpc) is 3.17. The third-order valence-electron chi connectivity index (χ3n) is 3.89. The highest BCUT2D eigenvalue weighted by atomic mass is 16.5. The topological polar surface area (TPSA) is 71.7 Å². The number of amides is 1. The summed E-state index contributed by atoms with van der Waals surface area (Å²) >= 11 is 0. The fourth-order valence-corrected chi connectivity index (χ4v) is 2.52. The predicted octanol–water partition coefficient (Wildman–Crippen LogP) is 3.42. The number of ether oxygens (including phenoxy) is 1. The second kappa shape index (κ2) is 7.68. The van der Waals surface area contributed by atoms with Crippen LogP contribution in [0.4, 0.5) is 0 Å². The molecule has 25 heavy (non-hydrogen) atoms. The minimum absolute atomic E-state index is 0.193. The number of benzene rings is 2. The Labute approximate surface area is 145 Å². The van der Waals surface area contributed by atoms with Crippen molar-refractivity contribution in [1.82, 2.24) is 5.32 Å². The number of hydrogen-bond donors (Lipinski definition) is 2. The third kappa shape index (κ3) is 3.89. The van der Waals surface area contributed by atoms with E-state index < -0.39 is 6.04 Å². The third-order valence-corrected chi connectivity index (χ3v) is 3.89. The summed E-state index contributed by atoms with van der Waals surface area (Å²) in [5.41, 5.74) is 1.68. The quantitative estimate of drug-likeness (QED) is 0.723. The summed E-state index contributed by atoms with van der Waals surface area (Å²) in [6.45, 7) is -0.193. The van der Waals surface area contributed by atoms with Gasteiger partial charge in [-0.3, -0.25) is 4.79 Å². The Balaban J connectivity index is 1.73.